The first-order valence-corrected chi connectivity index (χ1v) is 8.33. The van der Waals surface area contributed by atoms with E-state index in [4.69, 9.17) is 4.74 Å². The van der Waals surface area contributed by atoms with Gasteiger partial charge in [0, 0.05) is 25.0 Å². The summed E-state index contributed by atoms with van der Waals surface area (Å²) in [6.07, 6.45) is 5.46. The fraction of sp³-hybridized carbons (Fsp3) is 0.105. The smallest absolute Gasteiger partial charge is 0.221 e. The van der Waals surface area contributed by atoms with Crippen molar-refractivity contribution in [1.82, 2.24) is 24.9 Å². The second-order valence-electron chi connectivity index (χ2n) is 5.67. The van der Waals surface area contributed by atoms with Crippen LogP contribution in [-0.4, -0.2) is 31.5 Å². The minimum Gasteiger partial charge on any atom is -0.439 e. The Morgan fingerprint density at radius 3 is 2.63 bits per heavy atom. The predicted octanol–water partition coefficient (Wildman–Crippen LogP) is 3.40. The maximum absolute atomic E-state index is 13.1. The minimum atomic E-state index is -0.572. The Hall–Kier alpha value is -3.68. The van der Waals surface area contributed by atoms with E-state index in [9.17, 15) is 4.39 Å². The molecule has 4 aromatic rings. The molecule has 0 fully saturated rings. The Labute approximate surface area is 154 Å². The third-order valence-electron chi connectivity index (χ3n) is 3.81. The summed E-state index contributed by atoms with van der Waals surface area (Å²) in [6, 6.07) is 12.0. The van der Waals surface area contributed by atoms with Gasteiger partial charge >= 0.3 is 0 Å². The molecule has 27 heavy (non-hydrogen) atoms. The van der Waals surface area contributed by atoms with Crippen LogP contribution in [0.3, 0.4) is 0 Å². The van der Waals surface area contributed by atoms with E-state index in [-0.39, 0.29) is 5.88 Å². The first-order chi connectivity index (χ1) is 13.3. The zero-order chi connectivity index (χ0) is 18.5. The van der Waals surface area contributed by atoms with Gasteiger partial charge in [-0.15, -0.1) is 0 Å². The van der Waals surface area contributed by atoms with E-state index in [2.05, 4.69) is 30.2 Å². The number of fused-ring (bicyclic) bond motifs is 1. The van der Waals surface area contributed by atoms with Crippen molar-refractivity contribution < 1.29 is 9.13 Å². The first kappa shape index (κ1) is 16.8. The molecule has 0 aliphatic rings. The van der Waals surface area contributed by atoms with E-state index in [1.165, 1.54) is 12.4 Å². The molecule has 134 valence electrons. The second kappa shape index (κ2) is 7.69. The quantitative estimate of drug-likeness (QED) is 0.526. The van der Waals surface area contributed by atoms with Crippen molar-refractivity contribution >= 4 is 17.0 Å². The van der Waals surface area contributed by atoms with Gasteiger partial charge in [0.05, 0.1) is 0 Å². The van der Waals surface area contributed by atoms with Gasteiger partial charge in [-0.25, -0.2) is 19.9 Å². The van der Waals surface area contributed by atoms with Crippen molar-refractivity contribution in [3.8, 4) is 11.6 Å². The summed E-state index contributed by atoms with van der Waals surface area (Å²) in [4.78, 5) is 20.4. The maximum atomic E-state index is 13.1. The number of aromatic nitrogens is 5. The molecule has 1 N–H and O–H groups in total. The van der Waals surface area contributed by atoms with Gasteiger partial charge in [-0.1, -0.05) is 18.2 Å². The molecule has 0 spiro atoms. The molecule has 0 amide bonds. The van der Waals surface area contributed by atoms with Crippen molar-refractivity contribution in [1.29, 1.82) is 0 Å². The second-order valence-corrected chi connectivity index (χ2v) is 5.67. The summed E-state index contributed by atoms with van der Waals surface area (Å²) in [5, 5.41) is 3.26. The summed E-state index contributed by atoms with van der Waals surface area (Å²) < 4.78 is 18.6. The Morgan fingerprint density at radius 2 is 1.78 bits per heavy atom. The topological polar surface area (TPSA) is 85.7 Å². The van der Waals surface area contributed by atoms with Crippen molar-refractivity contribution in [2.75, 3.05) is 11.9 Å². The van der Waals surface area contributed by atoms with Crippen molar-refractivity contribution in [3.63, 3.8) is 0 Å². The molecule has 0 unspecified atom stereocenters. The summed E-state index contributed by atoms with van der Waals surface area (Å²) in [5.41, 5.74) is 2.32. The molecule has 0 aliphatic carbocycles. The molecule has 3 heterocycles. The van der Waals surface area contributed by atoms with Gasteiger partial charge in [0.15, 0.2) is 11.5 Å². The molecule has 0 saturated heterocycles. The highest BCUT2D eigenvalue weighted by Gasteiger charge is 2.05. The molecular formula is C19H15FN6O. The Bertz CT molecular complexity index is 1050. The SMILES string of the molecule is Fc1cccc(Oc2ccc(CCNc3ncnc4nccnc34)cc2)n1. The van der Waals surface area contributed by atoms with Crippen molar-refractivity contribution in [2.24, 2.45) is 0 Å². The normalized spacial score (nSPS) is 10.7. The third kappa shape index (κ3) is 4.12. The zero-order valence-corrected chi connectivity index (χ0v) is 14.2. The van der Waals surface area contributed by atoms with Crippen molar-refractivity contribution in [3.05, 3.63) is 72.7 Å². The fourth-order valence-electron chi connectivity index (χ4n) is 2.54. The summed E-state index contributed by atoms with van der Waals surface area (Å²) in [5.74, 6) is 0.908. The van der Waals surface area contributed by atoms with Crippen LogP contribution in [0.1, 0.15) is 5.56 Å². The lowest BCUT2D eigenvalue weighted by Gasteiger charge is -2.08. The lowest BCUT2D eigenvalue weighted by molar-refractivity contribution is 0.445. The van der Waals surface area contributed by atoms with E-state index in [0.717, 1.165) is 12.0 Å². The Kier molecular flexibility index (Phi) is 4.78. The molecule has 0 radical (unpaired) electrons. The van der Waals surface area contributed by atoms with Gasteiger partial charge in [-0.3, -0.25) is 0 Å². The van der Waals surface area contributed by atoms with Crippen molar-refractivity contribution in [2.45, 2.75) is 6.42 Å². The average molecular weight is 362 g/mol. The van der Waals surface area contributed by atoms with Crippen LogP contribution in [0, 0.1) is 5.95 Å². The number of ether oxygens (including phenoxy) is 1. The summed E-state index contributed by atoms with van der Waals surface area (Å²) in [6.45, 7) is 0.675. The number of pyridine rings is 1. The zero-order valence-electron chi connectivity index (χ0n) is 14.2. The predicted molar refractivity (Wildman–Crippen MR) is 98.0 cm³/mol. The summed E-state index contributed by atoms with van der Waals surface area (Å²) in [7, 11) is 0. The van der Waals surface area contributed by atoms with Gasteiger partial charge in [0.25, 0.3) is 0 Å². The summed E-state index contributed by atoms with van der Waals surface area (Å²) >= 11 is 0. The molecule has 0 saturated carbocycles. The fourth-order valence-corrected chi connectivity index (χ4v) is 2.54. The number of benzene rings is 1. The molecule has 0 bridgehead atoms. The van der Waals surface area contributed by atoms with Gasteiger partial charge in [0.1, 0.15) is 17.6 Å². The maximum Gasteiger partial charge on any atom is 0.221 e. The molecule has 4 rings (SSSR count). The lowest BCUT2D eigenvalue weighted by Crippen LogP contribution is -2.08. The Morgan fingerprint density at radius 1 is 0.926 bits per heavy atom. The van der Waals surface area contributed by atoms with Crippen LogP contribution in [0.5, 0.6) is 11.6 Å². The molecule has 1 aromatic carbocycles. The highest BCUT2D eigenvalue weighted by molar-refractivity contribution is 5.81. The Balaban J connectivity index is 1.36. The first-order valence-electron chi connectivity index (χ1n) is 8.33. The van der Waals surface area contributed by atoms with Gasteiger partial charge < -0.3 is 10.1 Å². The highest BCUT2D eigenvalue weighted by atomic mass is 19.1. The van der Waals surface area contributed by atoms with E-state index < -0.39 is 5.95 Å². The van der Waals surface area contributed by atoms with E-state index >= 15 is 0 Å². The molecule has 0 atom stereocenters. The van der Waals surface area contributed by atoms with Gasteiger partial charge in [-0.05, 0) is 30.2 Å². The molecule has 8 heteroatoms. The van der Waals surface area contributed by atoms with Gasteiger partial charge in [0.2, 0.25) is 11.8 Å². The molecule has 3 aromatic heterocycles. The number of hydrogen-bond donors (Lipinski definition) is 1. The van der Waals surface area contributed by atoms with Crippen LogP contribution < -0.4 is 10.1 Å². The molecule has 0 aliphatic heterocycles. The van der Waals surface area contributed by atoms with Crippen LogP contribution in [0.15, 0.2) is 61.2 Å². The highest BCUT2D eigenvalue weighted by Crippen LogP contribution is 2.20. The van der Waals surface area contributed by atoms with E-state index in [1.54, 1.807) is 24.5 Å². The number of halogens is 1. The largest absolute Gasteiger partial charge is 0.439 e. The van der Waals surface area contributed by atoms with Crippen LogP contribution in [0.4, 0.5) is 10.2 Å². The number of anilines is 1. The van der Waals surface area contributed by atoms with E-state index in [1.807, 2.05) is 24.3 Å². The standard InChI is InChI=1S/C19H15FN6O/c20-15-2-1-3-16(26-15)27-14-6-4-13(5-7-14)8-9-22-18-17-19(25-12-24-18)23-11-10-21-17/h1-7,10-12H,8-9H2,(H,22,23,24,25). The molecule has 7 nitrogen and oxygen atoms in total. The van der Waals surface area contributed by atoms with E-state index in [0.29, 0.717) is 29.3 Å². The lowest BCUT2D eigenvalue weighted by atomic mass is 10.1. The third-order valence-corrected chi connectivity index (χ3v) is 3.81. The number of rotatable bonds is 6. The van der Waals surface area contributed by atoms with Gasteiger partial charge in [-0.2, -0.15) is 9.37 Å². The monoisotopic (exact) mass is 362 g/mol. The average Bonchev–Trinajstić information content (AvgIpc) is 2.70. The number of nitrogens with one attached hydrogen (secondary N) is 1. The van der Waals surface area contributed by atoms with Crippen LogP contribution in [0.25, 0.3) is 11.2 Å². The number of hydrogen-bond acceptors (Lipinski definition) is 7. The van der Waals surface area contributed by atoms with Crippen LogP contribution >= 0.6 is 0 Å². The number of nitrogens with zero attached hydrogens (tertiary/aromatic N) is 5. The van der Waals surface area contributed by atoms with Crippen LogP contribution in [-0.2, 0) is 6.42 Å². The van der Waals surface area contributed by atoms with Crippen LogP contribution in [0.2, 0.25) is 0 Å². The minimum absolute atomic E-state index is 0.223. The molecular weight excluding hydrogens is 347 g/mol.